The number of aromatic nitrogens is 4. The van der Waals surface area contributed by atoms with Crippen molar-refractivity contribution in [3.05, 3.63) is 68.5 Å². The predicted molar refractivity (Wildman–Crippen MR) is 95.2 cm³/mol. The lowest BCUT2D eigenvalue weighted by Crippen LogP contribution is -2.20. The molecule has 0 bridgehead atoms. The summed E-state index contributed by atoms with van der Waals surface area (Å²) in [5.41, 5.74) is 0.883. The Morgan fingerprint density at radius 2 is 2.08 bits per heavy atom. The molecule has 134 valence electrons. The predicted octanol–water partition coefficient (Wildman–Crippen LogP) is 2.55. The van der Waals surface area contributed by atoms with Crippen LogP contribution < -0.4 is 10.9 Å². The molecule has 1 amide bonds. The molecule has 0 saturated carbocycles. The molecule has 0 saturated heterocycles. The molecule has 0 aliphatic carbocycles. The Labute approximate surface area is 152 Å². The van der Waals surface area contributed by atoms with Crippen molar-refractivity contribution in [3.8, 4) is 5.95 Å². The van der Waals surface area contributed by atoms with Gasteiger partial charge in [-0.3, -0.25) is 14.6 Å². The quantitative estimate of drug-likeness (QED) is 0.733. The average Bonchev–Trinajstić information content (AvgIpc) is 2.90. The van der Waals surface area contributed by atoms with Gasteiger partial charge in [0.25, 0.3) is 5.56 Å². The van der Waals surface area contributed by atoms with E-state index in [9.17, 15) is 14.0 Å². The zero-order valence-corrected chi connectivity index (χ0v) is 14.8. The number of anilines is 1. The topological polar surface area (TPSA) is 92.7 Å². The van der Waals surface area contributed by atoms with Gasteiger partial charge in [-0.1, -0.05) is 17.7 Å². The third-order valence-electron chi connectivity index (χ3n) is 3.56. The monoisotopic (exact) mass is 375 g/mol. The minimum absolute atomic E-state index is 0.108. The van der Waals surface area contributed by atoms with Crippen LogP contribution in [-0.2, 0) is 11.2 Å². The molecule has 0 aliphatic heterocycles. The summed E-state index contributed by atoms with van der Waals surface area (Å²) in [6.45, 7) is 3.40. The Hall–Kier alpha value is -3.00. The third kappa shape index (κ3) is 3.80. The lowest BCUT2D eigenvalue weighted by molar-refractivity contribution is -0.115. The van der Waals surface area contributed by atoms with E-state index in [-0.39, 0.29) is 28.5 Å². The van der Waals surface area contributed by atoms with Gasteiger partial charge in [0.1, 0.15) is 11.6 Å². The molecular weight excluding hydrogens is 361 g/mol. The molecule has 0 radical (unpaired) electrons. The van der Waals surface area contributed by atoms with E-state index in [4.69, 9.17) is 11.6 Å². The first-order valence-electron chi connectivity index (χ1n) is 7.71. The van der Waals surface area contributed by atoms with Gasteiger partial charge in [-0.15, -0.1) is 0 Å². The van der Waals surface area contributed by atoms with Crippen LogP contribution in [0.4, 0.5) is 10.2 Å². The van der Waals surface area contributed by atoms with Crippen molar-refractivity contribution < 1.29 is 9.18 Å². The fourth-order valence-electron chi connectivity index (χ4n) is 2.46. The lowest BCUT2D eigenvalue weighted by Gasteiger charge is -2.09. The van der Waals surface area contributed by atoms with Gasteiger partial charge in [-0.25, -0.2) is 9.37 Å². The minimum Gasteiger partial charge on any atom is -0.310 e. The van der Waals surface area contributed by atoms with Gasteiger partial charge in [0, 0.05) is 28.4 Å². The van der Waals surface area contributed by atoms with Crippen LogP contribution in [0.2, 0.25) is 5.02 Å². The number of hydrogen-bond donors (Lipinski definition) is 2. The number of nitrogens with one attached hydrogen (secondary N) is 2. The molecule has 0 atom stereocenters. The number of carbonyl (C=O) groups excluding carboxylic acids is 1. The van der Waals surface area contributed by atoms with Gasteiger partial charge in [0.15, 0.2) is 0 Å². The van der Waals surface area contributed by atoms with E-state index in [1.54, 1.807) is 19.9 Å². The first-order valence-corrected chi connectivity index (χ1v) is 8.09. The lowest BCUT2D eigenvalue weighted by atomic mass is 10.1. The van der Waals surface area contributed by atoms with Gasteiger partial charge in [0.2, 0.25) is 11.9 Å². The van der Waals surface area contributed by atoms with Crippen molar-refractivity contribution in [3.63, 3.8) is 0 Å². The van der Waals surface area contributed by atoms with E-state index in [0.717, 1.165) is 0 Å². The van der Waals surface area contributed by atoms with Crippen LogP contribution in [-0.4, -0.2) is 25.7 Å². The van der Waals surface area contributed by atoms with Crippen molar-refractivity contribution in [1.82, 2.24) is 19.7 Å². The number of aromatic amines is 1. The van der Waals surface area contributed by atoms with Crippen LogP contribution in [0, 0.1) is 19.7 Å². The maximum atomic E-state index is 13.9. The van der Waals surface area contributed by atoms with Crippen molar-refractivity contribution in [2.75, 3.05) is 5.32 Å². The molecule has 3 rings (SSSR count). The number of amides is 1. The van der Waals surface area contributed by atoms with Crippen LogP contribution in [0.3, 0.4) is 0 Å². The van der Waals surface area contributed by atoms with E-state index in [0.29, 0.717) is 17.2 Å². The molecule has 3 aromatic rings. The molecular formula is C17H15ClFN5O2. The SMILES string of the molecule is Cc1cc(=O)[nH]c(-n2nc(C)cc2NC(=O)Cc2c(F)cccc2Cl)n1. The van der Waals surface area contributed by atoms with Gasteiger partial charge >= 0.3 is 0 Å². The summed E-state index contributed by atoms with van der Waals surface area (Å²) in [7, 11) is 0. The van der Waals surface area contributed by atoms with Crippen LogP contribution >= 0.6 is 11.6 Å². The third-order valence-corrected chi connectivity index (χ3v) is 3.91. The van der Waals surface area contributed by atoms with Crippen LogP contribution in [0.1, 0.15) is 17.0 Å². The van der Waals surface area contributed by atoms with Crippen molar-refractivity contribution in [2.24, 2.45) is 0 Å². The molecule has 26 heavy (non-hydrogen) atoms. The van der Waals surface area contributed by atoms with Crippen LogP contribution in [0.25, 0.3) is 5.95 Å². The average molecular weight is 376 g/mol. The fraction of sp³-hybridized carbons (Fsp3) is 0.176. The van der Waals surface area contributed by atoms with E-state index < -0.39 is 11.7 Å². The molecule has 2 heterocycles. The Morgan fingerprint density at radius 3 is 2.77 bits per heavy atom. The second kappa shape index (κ2) is 7.09. The Kier molecular flexibility index (Phi) is 4.85. The zero-order chi connectivity index (χ0) is 18.8. The maximum Gasteiger partial charge on any atom is 0.252 e. The number of rotatable bonds is 4. The molecule has 7 nitrogen and oxygen atoms in total. The van der Waals surface area contributed by atoms with E-state index in [2.05, 4.69) is 20.4 Å². The van der Waals surface area contributed by atoms with Gasteiger partial charge in [-0.2, -0.15) is 9.78 Å². The van der Waals surface area contributed by atoms with E-state index in [1.807, 2.05) is 0 Å². The summed E-state index contributed by atoms with van der Waals surface area (Å²) in [4.78, 5) is 30.8. The second-order valence-corrected chi connectivity index (χ2v) is 6.13. The fourth-order valence-corrected chi connectivity index (χ4v) is 2.69. The number of H-pyrrole nitrogens is 1. The highest BCUT2D eigenvalue weighted by Gasteiger charge is 2.16. The highest BCUT2D eigenvalue weighted by molar-refractivity contribution is 6.31. The molecule has 1 aromatic carbocycles. The number of nitrogens with zero attached hydrogens (tertiary/aromatic N) is 3. The molecule has 0 aliphatic rings. The highest BCUT2D eigenvalue weighted by Crippen LogP contribution is 2.20. The Bertz CT molecular complexity index is 1020. The van der Waals surface area contributed by atoms with Crippen LogP contribution in [0.5, 0.6) is 0 Å². The van der Waals surface area contributed by atoms with Gasteiger partial charge in [0.05, 0.1) is 12.1 Å². The van der Waals surface area contributed by atoms with Crippen LogP contribution in [0.15, 0.2) is 35.1 Å². The van der Waals surface area contributed by atoms with E-state index >= 15 is 0 Å². The highest BCUT2D eigenvalue weighted by atomic mass is 35.5. The number of aryl methyl sites for hydroxylation is 2. The normalized spacial score (nSPS) is 10.8. The first kappa shape index (κ1) is 17.8. The molecule has 9 heteroatoms. The number of halogens is 2. The molecule has 0 unspecified atom stereocenters. The zero-order valence-electron chi connectivity index (χ0n) is 14.0. The summed E-state index contributed by atoms with van der Waals surface area (Å²) in [6, 6.07) is 7.19. The second-order valence-electron chi connectivity index (χ2n) is 5.72. The van der Waals surface area contributed by atoms with E-state index in [1.165, 1.54) is 28.9 Å². The van der Waals surface area contributed by atoms with Crippen molar-refractivity contribution in [1.29, 1.82) is 0 Å². The molecule has 2 N–H and O–H groups in total. The Balaban J connectivity index is 1.89. The summed E-state index contributed by atoms with van der Waals surface area (Å²) < 4.78 is 15.2. The van der Waals surface area contributed by atoms with Gasteiger partial charge in [-0.05, 0) is 26.0 Å². The summed E-state index contributed by atoms with van der Waals surface area (Å²) in [6.07, 6.45) is -0.243. The smallest absolute Gasteiger partial charge is 0.252 e. The molecule has 2 aromatic heterocycles. The minimum atomic E-state index is -0.554. The largest absolute Gasteiger partial charge is 0.310 e. The Morgan fingerprint density at radius 1 is 1.31 bits per heavy atom. The maximum absolute atomic E-state index is 13.9. The summed E-state index contributed by atoms with van der Waals surface area (Å²) >= 11 is 5.96. The molecule has 0 spiro atoms. The first-order chi connectivity index (χ1) is 12.3. The number of carbonyl (C=O) groups is 1. The van der Waals surface area contributed by atoms with Crippen molar-refractivity contribution in [2.45, 2.75) is 20.3 Å². The molecule has 0 fully saturated rings. The summed E-state index contributed by atoms with van der Waals surface area (Å²) in [5.74, 6) is -0.564. The van der Waals surface area contributed by atoms with Crippen molar-refractivity contribution >= 4 is 23.3 Å². The standard InChI is InChI=1S/C17H15ClFN5O2/c1-9-7-15(25)22-17(20-9)24-14(6-10(2)23-24)21-16(26)8-11-12(18)4-3-5-13(11)19/h3-7H,8H2,1-2H3,(H,21,26)(H,20,22,25). The summed E-state index contributed by atoms with van der Waals surface area (Å²) in [5, 5.41) is 7.05. The number of hydrogen-bond acceptors (Lipinski definition) is 4. The number of benzene rings is 1. The van der Waals surface area contributed by atoms with Gasteiger partial charge < -0.3 is 5.32 Å².